The lowest BCUT2D eigenvalue weighted by Crippen LogP contribution is -2.42. The fourth-order valence-corrected chi connectivity index (χ4v) is 2.29. The lowest BCUT2D eigenvalue weighted by molar-refractivity contribution is -0.138. The summed E-state index contributed by atoms with van der Waals surface area (Å²) in [6, 6.07) is -0.155. The summed E-state index contributed by atoms with van der Waals surface area (Å²) in [6.07, 6.45) is 4.17. The minimum absolute atomic E-state index is 0.0129. The average molecular weight is 242 g/mol. The highest BCUT2D eigenvalue weighted by Gasteiger charge is 2.26. The Kier molecular flexibility index (Phi) is 5.41. The third-order valence-corrected chi connectivity index (χ3v) is 3.35. The minimum Gasteiger partial charge on any atom is -0.481 e. The number of hydrogen-bond donors (Lipinski definition) is 3. The first-order valence-electron chi connectivity index (χ1n) is 6.30. The van der Waals surface area contributed by atoms with Gasteiger partial charge in [-0.05, 0) is 25.7 Å². The van der Waals surface area contributed by atoms with Crippen molar-refractivity contribution in [3.63, 3.8) is 0 Å². The van der Waals surface area contributed by atoms with Crippen LogP contribution in [-0.4, -0.2) is 29.1 Å². The van der Waals surface area contributed by atoms with Crippen LogP contribution in [0.2, 0.25) is 0 Å². The van der Waals surface area contributed by atoms with Crippen molar-refractivity contribution in [1.29, 1.82) is 0 Å². The Bertz CT molecular complexity index is 281. The molecular weight excluding hydrogens is 220 g/mol. The average Bonchev–Trinajstić information content (AvgIpc) is 2.27. The third kappa shape index (κ3) is 4.73. The van der Waals surface area contributed by atoms with Crippen molar-refractivity contribution in [3.8, 4) is 0 Å². The van der Waals surface area contributed by atoms with Crippen LogP contribution in [0.4, 0.5) is 0 Å². The Balaban J connectivity index is 2.43. The van der Waals surface area contributed by atoms with Crippen LogP contribution in [0.15, 0.2) is 0 Å². The monoisotopic (exact) mass is 242 g/mol. The van der Waals surface area contributed by atoms with E-state index in [0.29, 0.717) is 6.42 Å². The third-order valence-electron chi connectivity index (χ3n) is 3.35. The highest BCUT2D eigenvalue weighted by atomic mass is 16.4. The first-order valence-corrected chi connectivity index (χ1v) is 6.30. The smallest absolute Gasteiger partial charge is 0.305 e. The van der Waals surface area contributed by atoms with E-state index < -0.39 is 5.97 Å². The van der Waals surface area contributed by atoms with Gasteiger partial charge in [0, 0.05) is 18.0 Å². The van der Waals surface area contributed by atoms with Gasteiger partial charge in [0.15, 0.2) is 0 Å². The molecule has 4 N–H and O–H groups in total. The predicted molar refractivity (Wildman–Crippen MR) is 64.4 cm³/mol. The Hall–Kier alpha value is -1.10. The highest BCUT2D eigenvalue weighted by Crippen LogP contribution is 2.23. The Morgan fingerprint density at radius 2 is 2.18 bits per heavy atom. The first-order chi connectivity index (χ1) is 8.02. The highest BCUT2D eigenvalue weighted by molar-refractivity contribution is 5.79. The van der Waals surface area contributed by atoms with E-state index in [1.165, 1.54) is 0 Å². The van der Waals surface area contributed by atoms with Crippen LogP contribution in [0, 0.1) is 5.92 Å². The van der Waals surface area contributed by atoms with Crippen LogP contribution in [0.3, 0.4) is 0 Å². The number of amides is 1. The second-order valence-electron chi connectivity index (χ2n) is 4.84. The summed E-state index contributed by atoms with van der Waals surface area (Å²) in [4.78, 5) is 22.5. The van der Waals surface area contributed by atoms with Gasteiger partial charge >= 0.3 is 5.97 Å². The van der Waals surface area contributed by atoms with Crippen LogP contribution < -0.4 is 11.1 Å². The predicted octanol–water partition coefficient (Wildman–Crippen LogP) is 0.873. The van der Waals surface area contributed by atoms with Crippen molar-refractivity contribution < 1.29 is 14.7 Å². The number of carbonyl (C=O) groups is 2. The van der Waals surface area contributed by atoms with Crippen molar-refractivity contribution in [2.45, 2.75) is 57.5 Å². The van der Waals surface area contributed by atoms with E-state index in [9.17, 15) is 9.59 Å². The SMILES string of the molecule is CCC(CC(=O)O)NC(=O)C1CCCC(N)C1. The molecule has 5 nitrogen and oxygen atoms in total. The maximum absolute atomic E-state index is 11.9. The van der Waals surface area contributed by atoms with Gasteiger partial charge in [0.05, 0.1) is 6.42 Å². The number of hydrogen-bond acceptors (Lipinski definition) is 3. The second kappa shape index (κ2) is 6.59. The van der Waals surface area contributed by atoms with Gasteiger partial charge in [-0.15, -0.1) is 0 Å². The molecule has 0 radical (unpaired) electrons. The van der Waals surface area contributed by atoms with Gasteiger partial charge in [-0.1, -0.05) is 13.3 Å². The quantitative estimate of drug-likeness (QED) is 0.667. The van der Waals surface area contributed by atoms with Crippen LogP contribution in [-0.2, 0) is 9.59 Å². The van der Waals surface area contributed by atoms with Crippen molar-refractivity contribution >= 4 is 11.9 Å². The molecule has 1 aliphatic rings. The van der Waals surface area contributed by atoms with Crippen LogP contribution >= 0.6 is 0 Å². The zero-order valence-corrected chi connectivity index (χ0v) is 10.3. The van der Waals surface area contributed by atoms with E-state index in [1.54, 1.807) is 0 Å². The molecule has 1 fully saturated rings. The first kappa shape index (κ1) is 14.0. The van der Waals surface area contributed by atoms with Crippen molar-refractivity contribution in [1.82, 2.24) is 5.32 Å². The van der Waals surface area contributed by atoms with Crippen molar-refractivity contribution in [2.75, 3.05) is 0 Å². The number of carbonyl (C=O) groups excluding carboxylic acids is 1. The molecule has 17 heavy (non-hydrogen) atoms. The van der Waals surface area contributed by atoms with E-state index in [4.69, 9.17) is 10.8 Å². The van der Waals surface area contributed by atoms with Crippen LogP contribution in [0.5, 0.6) is 0 Å². The Morgan fingerprint density at radius 1 is 1.47 bits per heavy atom. The molecule has 0 heterocycles. The zero-order valence-electron chi connectivity index (χ0n) is 10.3. The zero-order chi connectivity index (χ0) is 12.8. The summed E-state index contributed by atoms with van der Waals surface area (Å²) in [5.41, 5.74) is 5.83. The van der Waals surface area contributed by atoms with E-state index >= 15 is 0 Å². The van der Waals surface area contributed by atoms with Gasteiger partial charge < -0.3 is 16.2 Å². The fourth-order valence-electron chi connectivity index (χ4n) is 2.29. The van der Waals surface area contributed by atoms with Gasteiger partial charge in [-0.3, -0.25) is 9.59 Å². The number of nitrogens with two attached hydrogens (primary N) is 1. The molecule has 0 bridgehead atoms. The van der Waals surface area contributed by atoms with E-state index in [1.807, 2.05) is 6.92 Å². The molecular formula is C12H22N2O3. The standard InChI is InChI=1S/C12H22N2O3/c1-2-10(7-11(15)16)14-12(17)8-4-3-5-9(13)6-8/h8-10H,2-7,13H2,1H3,(H,14,17)(H,15,16). The summed E-state index contributed by atoms with van der Waals surface area (Å²) < 4.78 is 0. The second-order valence-corrected chi connectivity index (χ2v) is 4.84. The van der Waals surface area contributed by atoms with Crippen molar-refractivity contribution in [2.24, 2.45) is 11.7 Å². The minimum atomic E-state index is -0.877. The van der Waals surface area contributed by atoms with Gasteiger partial charge in [0.2, 0.25) is 5.91 Å². The van der Waals surface area contributed by atoms with Crippen LogP contribution in [0.25, 0.3) is 0 Å². The topological polar surface area (TPSA) is 92.4 Å². The van der Waals surface area contributed by atoms with E-state index in [-0.39, 0.29) is 30.3 Å². The van der Waals surface area contributed by atoms with Gasteiger partial charge in [-0.25, -0.2) is 0 Å². The lowest BCUT2D eigenvalue weighted by Gasteiger charge is -2.27. The molecule has 0 saturated heterocycles. The summed E-state index contributed by atoms with van der Waals surface area (Å²) in [5, 5.41) is 11.5. The lowest BCUT2D eigenvalue weighted by atomic mass is 9.85. The Morgan fingerprint density at radius 3 is 2.71 bits per heavy atom. The normalized spacial score (nSPS) is 26.2. The van der Waals surface area contributed by atoms with E-state index in [2.05, 4.69) is 5.32 Å². The number of nitrogens with one attached hydrogen (secondary N) is 1. The summed E-state index contributed by atoms with van der Waals surface area (Å²) in [5.74, 6) is -0.952. The Labute approximate surface area is 102 Å². The maximum atomic E-state index is 11.9. The largest absolute Gasteiger partial charge is 0.481 e. The molecule has 3 atom stereocenters. The summed E-state index contributed by atoms with van der Waals surface area (Å²) in [6.45, 7) is 1.88. The summed E-state index contributed by atoms with van der Waals surface area (Å²) >= 11 is 0. The maximum Gasteiger partial charge on any atom is 0.305 e. The van der Waals surface area contributed by atoms with Gasteiger partial charge in [-0.2, -0.15) is 0 Å². The molecule has 1 amide bonds. The fraction of sp³-hybridized carbons (Fsp3) is 0.833. The number of carboxylic acids is 1. The molecule has 1 saturated carbocycles. The molecule has 1 aliphatic carbocycles. The molecule has 3 unspecified atom stereocenters. The van der Waals surface area contributed by atoms with Crippen LogP contribution in [0.1, 0.15) is 45.4 Å². The summed E-state index contributed by atoms with van der Waals surface area (Å²) in [7, 11) is 0. The molecule has 1 rings (SSSR count). The number of carboxylic acid groups (broad SMARTS) is 1. The number of aliphatic carboxylic acids is 1. The van der Waals surface area contributed by atoms with Gasteiger partial charge in [0.25, 0.3) is 0 Å². The molecule has 0 aromatic rings. The molecule has 0 aromatic heterocycles. The molecule has 5 heteroatoms. The number of rotatable bonds is 5. The van der Waals surface area contributed by atoms with Crippen molar-refractivity contribution in [3.05, 3.63) is 0 Å². The van der Waals surface area contributed by atoms with Gasteiger partial charge in [0.1, 0.15) is 0 Å². The molecule has 0 aliphatic heterocycles. The van der Waals surface area contributed by atoms with E-state index in [0.717, 1.165) is 25.7 Å². The molecule has 98 valence electrons. The molecule has 0 spiro atoms. The molecule has 0 aromatic carbocycles.